The standard InChI is InChI=1S/C17H33BrO2Si/c1-10-15(19-7)16(14(3)11-13(2)12-18)20-21(8,9)17(4,5)6/h10-11,14-16H,1,12H2,2-9H3/b13-11-/t14?,15-,16-/m0/s1. The Bertz CT molecular complexity index is 358. The number of methoxy groups -OCH3 is 1. The van der Waals surface area contributed by atoms with Gasteiger partial charge in [-0.05, 0) is 25.1 Å². The number of halogens is 1. The van der Waals surface area contributed by atoms with Gasteiger partial charge in [-0.3, -0.25) is 0 Å². The lowest BCUT2D eigenvalue weighted by molar-refractivity contribution is 0.00601. The van der Waals surface area contributed by atoms with E-state index in [9.17, 15) is 0 Å². The Morgan fingerprint density at radius 1 is 1.33 bits per heavy atom. The van der Waals surface area contributed by atoms with Gasteiger partial charge in [0.2, 0.25) is 0 Å². The fraction of sp³-hybridized carbons (Fsp3) is 0.765. The molecule has 0 aliphatic heterocycles. The maximum absolute atomic E-state index is 6.64. The van der Waals surface area contributed by atoms with E-state index >= 15 is 0 Å². The molecular formula is C17H33BrO2Si. The van der Waals surface area contributed by atoms with Gasteiger partial charge in [0.05, 0.1) is 6.10 Å². The van der Waals surface area contributed by atoms with E-state index in [1.807, 2.05) is 6.08 Å². The first-order valence-corrected chi connectivity index (χ1v) is 11.6. The number of ether oxygens (including phenoxy) is 1. The van der Waals surface area contributed by atoms with Gasteiger partial charge in [-0.15, -0.1) is 6.58 Å². The number of hydrogen-bond donors (Lipinski definition) is 0. The molecule has 0 N–H and O–H groups in total. The van der Waals surface area contributed by atoms with Crippen molar-refractivity contribution in [2.24, 2.45) is 5.92 Å². The lowest BCUT2D eigenvalue weighted by Crippen LogP contribution is -2.49. The molecule has 0 spiro atoms. The van der Waals surface area contributed by atoms with Gasteiger partial charge in [0.15, 0.2) is 8.32 Å². The van der Waals surface area contributed by atoms with Crippen molar-refractivity contribution in [3.05, 3.63) is 24.3 Å². The van der Waals surface area contributed by atoms with E-state index < -0.39 is 8.32 Å². The summed E-state index contributed by atoms with van der Waals surface area (Å²) in [4.78, 5) is 0. The highest BCUT2D eigenvalue weighted by atomic mass is 79.9. The zero-order valence-electron chi connectivity index (χ0n) is 15.0. The molecular weight excluding hydrogens is 344 g/mol. The molecule has 0 bridgehead atoms. The number of hydrogen-bond acceptors (Lipinski definition) is 2. The molecule has 0 fully saturated rings. The molecule has 0 rings (SSSR count). The summed E-state index contributed by atoms with van der Waals surface area (Å²) in [6.07, 6.45) is 4.03. The number of alkyl halides is 1. The van der Waals surface area contributed by atoms with Gasteiger partial charge < -0.3 is 9.16 Å². The fourth-order valence-electron chi connectivity index (χ4n) is 1.94. The van der Waals surface area contributed by atoms with E-state index in [2.05, 4.69) is 76.3 Å². The normalized spacial score (nSPS) is 18.2. The Morgan fingerprint density at radius 3 is 2.19 bits per heavy atom. The van der Waals surface area contributed by atoms with E-state index in [0.29, 0.717) is 0 Å². The number of allylic oxidation sites excluding steroid dienone is 1. The third-order valence-corrected chi connectivity index (χ3v) is 9.70. The van der Waals surface area contributed by atoms with Crippen LogP contribution >= 0.6 is 15.9 Å². The average molecular weight is 377 g/mol. The van der Waals surface area contributed by atoms with E-state index in [-0.39, 0.29) is 23.2 Å². The van der Waals surface area contributed by atoms with Gasteiger partial charge in [0.1, 0.15) is 6.10 Å². The highest BCUT2D eigenvalue weighted by molar-refractivity contribution is 9.09. The summed E-state index contributed by atoms with van der Waals surface area (Å²) in [5.41, 5.74) is 1.31. The highest BCUT2D eigenvalue weighted by Gasteiger charge is 2.41. The van der Waals surface area contributed by atoms with Crippen molar-refractivity contribution in [2.45, 2.75) is 65.0 Å². The predicted molar refractivity (Wildman–Crippen MR) is 99.8 cm³/mol. The molecule has 0 radical (unpaired) electrons. The Labute approximate surface area is 141 Å². The molecule has 2 nitrogen and oxygen atoms in total. The van der Waals surface area contributed by atoms with Gasteiger partial charge in [-0.25, -0.2) is 0 Å². The third-order valence-electron chi connectivity index (χ3n) is 4.34. The van der Waals surface area contributed by atoms with Crippen molar-refractivity contribution >= 4 is 24.2 Å². The van der Waals surface area contributed by atoms with E-state index in [4.69, 9.17) is 9.16 Å². The summed E-state index contributed by atoms with van der Waals surface area (Å²) in [6.45, 7) is 19.6. The topological polar surface area (TPSA) is 18.5 Å². The highest BCUT2D eigenvalue weighted by Crippen LogP contribution is 2.39. The van der Waals surface area contributed by atoms with Crippen LogP contribution in [0.15, 0.2) is 24.3 Å². The van der Waals surface area contributed by atoms with Crippen LogP contribution in [0.4, 0.5) is 0 Å². The molecule has 4 heteroatoms. The summed E-state index contributed by atoms with van der Waals surface area (Å²) in [7, 11) is -0.132. The van der Waals surface area contributed by atoms with Crippen LogP contribution in [0.2, 0.25) is 18.1 Å². The van der Waals surface area contributed by atoms with Gasteiger partial charge in [-0.1, -0.05) is 61.4 Å². The smallest absolute Gasteiger partial charge is 0.192 e. The minimum Gasteiger partial charge on any atom is -0.410 e. The molecule has 1 unspecified atom stereocenters. The third kappa shape index (κ3) is 6.39. The maximum Gasteiger partial charge on any atom is 0.192 e. The molecule has 0 heterocycles. The van der Waals surface area contributed by atoms with Gasteiger partial charge in [0.25, 0.3) is 0 Å². The molecule has 0 saturated carbocycles. The molecule has 0 saturated heterocycles. The van der Waals surface area contributed by atoms with E-state index in [0.717, 1.165) is 5.33 Å². The molecule has 21 heavy (non-hydrogen) atoms. The summed E-state index contributed by atoms with van der Waals surface area (Å²) in [5.74, 6) is 0.277. The van der Waals surface area contributed by atoms with Crippen molar-refractivity contribution in [2.75, 3.05) is 12.4 Å². The lowest BCUT2D eigenvalue weighted by Gasteiger charge is -2.42. The first kappa shape index (κ1) is 21.1. The second-order valence-corrected chi connectivity index (χ2v) is 12.6. The summed E-state index contributed by atoms with van der Waals surface area (Å²) >= 11 is 3.50. The summed E-state index contributed by atoms with van der Waals surface area (Å²) in [6, 6.07) is 0. The zero-order valence-corrected chi connectivity index (χ0v) is 17.6. The van der Waals surface area contributed by atoms with Crippen molar-refractivity contribution < 1.29 is 9.16 Å². The van der Waals surface area contributed by atoms with E-state index in [1.54, 1.807) is 7.11 Å². The Morgan fingerprint density at radius 2 is 1.86 bits per heavy atom. The number of rotatable bonds is 8. The second kappa shape index (κ2) is 8.66. The van der Waals surface area contributed by atoms with Crippen molar-refractivity contribution in [1.82, 2.24) is 0 Å². The van der Waals surface area contributed by atoms with Crippen molar-refractivity contribution in [3.63, 3.8) is 0 Å². The minimum absolute atomic E-state index is 0.00221. The first-order chi connectivity index (χ1) is 9.50. The van der Waals surface area contributed by atoms with Crippen LogP contribution in [0.3, 0.4) is 0 Å². The quantitative estimate of drug-likeness (QED) is 0.313. The van der Waals surface area contributed by atoms with Crippen LogP contribution in [0, 0.1) is 5.92 Å². The SMILES string of the molecule is C=C[C@H](OC)[C@@H](O[Si](C)(C)C(C)(C)C)C(C)/C=C(/C)CBr. The minimum atomic E-state index is -1.86. The first-order valence-electron chi connectivity index (χ1n) is 7.56. The van der Waals surface area contributed by atoms with Crippen LogP contribution in [0.1, 0.15) is 34.6 Å². The lowest BCUT2D eigenvalue weighted by atomic mass is 9.97. The van der Waals surface area contributed by atoms with Crippen LogP contribution in [-0.2, 0) is 9.16 Å². The predicted octanol–water partition coefficient (Wildman–Crippen LogP) is 5.56. The van der Waals surface area contributed by atoms with Crippen molar-refractivity contribution in [1.29, 1.82) is 0 Å². The van der Waals surface area contributed by atoms with Crippen LogP contribution < -0.4 is 0 Å². The van der Waals surface area contributed by atoms with Crippen LogP contribution in [0.25, 0.3) is 0 Å². The monoisotopic (exact) mass is 376 g/mol. The molecule has 3 atom stereocenters. The average Bonchev–Trinajstić information content (AvgIpc) is 2.37. The molecule has 124 valence electrons. The van der Waals surface area contributed by atoms with Gasteiger partial charge >= 0.3 is 0 Å². The molecule has 0 aromatic rings. The Balaban J connectivity index is 5.39. The largest absolute Gasteiger partial charge is 0.410 e. The van der Waals surface area contributed by atoms with Gasteiger partial charge in [0, 0.05) is 18.4 Å². The Hall–Kier alpha value is 0.0969. The van der Waals surface area contributed by atoms with Gasteiger partial charge in [-0.2, -0.15) is 0 Å². The fourth-order valence-corrected chi connectivity index (χ4v) is 3.51. The Kier molecular flexibility index (Phi) is 8.70. The zero-order chi connectivity index (χ0) is 16.8. The van der Waals surface area contributed by atoms with E-state index in [1.165, 1.54) is 5.57 Å². The summed E-state index contributed by atoms with van der Waals surface area (Å²) < 4.78 is 12.2. The molecule has 0 aliphatic rings. The van der Waals surface area contributed by atoms with Crippen molar-refractivity contribution in [3.8, 4) is 0 Å². The van der Waals surface area contributed by atoms with Crippen LogP contribution in [0.5, 0.6) is 0 Å². The molecule has 0 aliphatic carbocycles. The maximum atomic E-state index is 6.64. The summed E-state index contributed by atoms with van der Waals surface area (Å²) in [5, 5.41) is 1.06. The van der Waals surface area contributed by atoms with Crippen LogP contribution in [-0.4, -0.2) is 33.0 Å². The molecule has 0 aromatic heterocycles. The molecule has 0 aromatic carbocycles. The second-order valence-electron chi connectivity index (χ2n) is 7.28. The molecule has 0 amide bonds.